The molecule has 0 aromatic heterocycles. The molecule has 0 aromatic rings. The van der Waals surface area contributed by atoms with Crippen molar-refractivity contribution >= 4 is 21.9 Å². The predicted octanol–water partition coefficient (Wildman–Crippen LogP) is 3.31. The Morgan fingerprint density at radius 3 is 2.57 bits per heavy atom. The molecular formula is C16H31BNO2Si. The highest BCUT2D eigenvalue weighted by molar-refractivity contribution is 6.74. The van der Waals surface area contributed by atoms with Gasteiger partial charge in [0.2, 0.25) is 0 Å². The van der Waals surface area contributed by atoms with Crippen LogP contribution in [-0.2, 0) is 9.22 Å². The zero-order chi connectivity index (χ0) is 15.7. The van der Waals surface area contributed by atoms with E-state index >= 15 is 0 Å². The van der Waals surface area contributed by atoms with Crippen molar-refractivity contribution in [3.05, 3.63) is 0 Å². The van der Waals surface area contributed by atoms with E-state index in [9.17, 15) is 4.79 Å². The first-order valence-corrected chi connectivity index (χ1v) is 11.4. The lowest BCUT2D eigenvalue weighted by Gasteiger charge is -2.39. The summed E-state index contributed by atoms with van der Waals surface area (Å²) in [5.74, 6) is 1.49. The van der Waals surface area contributed by atoms with Crippen molar-refractivity contribution in [1.29, 1.82) is 0 Å². The van der Waals surface area contributed by atoms with Crippen LogP contribution in [0.1, 0.15) is 46.5 Å². The van der Waals surface area contributed by atoms with E-state index in [4.69, 9.17) is 4.43 Å². The largest absolute Gasteiger partial charge is 0.415 e. The molecule has 0 bridgehead atoms. The molecule has 1 aliphatic heterocycles. The van der Waals surface area contributed by atoms with E-state index in [1.165, 1.54) is 25.7 Å². The summed E-state index contributed by atoms with van der Waals surface area (Å²) in [7, 11) is 0.0376. The van der Waals surface area contributed by atoms with Crippen LogP contribution in [0.4, 0.5) is 0 Å². The zero-order valence-electron chi connectivity index (χ0n) is 14.4. The molecule has 21 heavy (non-hydrogen) atoms. The number of carbonyl (C=O) groups excluding carboxylic acids is 1. The monoisotopic (exact) mass is 308 g/mol. The Labute approximate surface area is 132 Å². The van der Waals surface area contributed by atoms with Crippen molar-refractivity contribution in [2.45, 2.75) is 70.6 Å². The summed E-state index contributed by atoms with van der Waals surface area (Å²) in [6.45, 7) is 13.3. The van der Waals surface area contributed by atoms with Gasteiger partial charge in [-0.05, 0) is 49.4 Å². The summed E-state index contributed by atoms with van der Waals surface area (Å²) in [5.41, 5.74) is 0. The molecule has 0 aromatic carbocycles. The minimum absolute atomic E-state index is 0.247. The quantitative estimate of drug-likeness (QED) is 0.576. The second-order valence-corrected chi connectivity index (χ2v) is 13.1. The van der Waals surface area contributed by atoms with Gasteiger partial charge in [-0.2, -0.15) is 0 Å². The van der Waals surface area contributed by atoms with Gasteiger partial charge in [-0.3, -0.25) is 0 Å². The van der Waals surface area contributed by atoms with Crippen LogP contribution in [0.5, 0.6) is 0 Å². The van der Waals surface area contributed by atoms with Crippen molar-refractivity contribution in [2.24, 2.45) is 11.8 Å². The molecule has 0 N–H and O–H groups in total. The number of hydrogen-bond acceptors (Lipinski definition) is 3. The molecule has 119 valence electrons. The van der Waals surface area contributed by atoms with Gasteiger partial charge in [0, 0.05) is 12.6 Å². The minimum atomic E-state index is -1.71. The van der Waals surface area contributed by atoms with Crippen molar-refractivity contribution in [1.82, 2.24) is 4.81 Å². The molecule has 3 nitrogen and oxygen atoms in total. The van der Waals surface area contributed by atoms with Gasteiger partial charge in [-0.15, -0.1) is 0 Å². The van der Waals surface area contributed by atoms with E-state index in [-0.39, 0.29) is 5.04 Å². The third-order valence-electron chi connectivity index (χ3n) is 6.01. The summed E-state index contributed by atoms with van der Waals surface area (Å²) in [6.07, 6.45) is 6.26. The van der Waals surface area contributed by atoms with Crippen LogP contribution in [0.2, 0.25) is 18.1 Å². The molecule has 0 spiro atoms. The van der Waals surface area contributed by atoms with Crippen molar-refractivity contribution in [3.63, 3.8) is 0 Å². The molecule has 5 heteroatoms. The molecule has 1 heterocycles. The molecule has 2 rings (SSSR count). The van der Waals surface area contributed by atoms with Crippen LogP contribution in [0.3, 0.4) is 0 Å². The fourth-order valence-corrected chi connectivity index (χ4v) is 4.62. The number of rotatable bonds is 5. The first-order valence-electron chi connectivity index (χ1n) is 8.44. The summed E-state index contributed by atoms with van der Waals surface area (Å²) in [5, 5.41) is 0.247. The van der Waals surface area contributed by atoms with E-state index in [0.717, 1.165) is 31.2 Å². The number of carbonyl (C=O) groups is 1. The fraction of sp³-hybridized carbons (Fsp3) is 0.938. The van der Waals surface area contributed by atoms with Crippen LogP contribution in [0, 0.1) is 11.8 Å². The summed E-state index contributed by atoms with van der Waals surface area (Å²) in [4.78, 5) is 13.2. The molecular weight excluding hydrogens is 277 g/mol. The average Bonchev–Trinajstić information content (AvgIpc) is 2.73. The zero-order valence-corrected chi connectivity index (χ0v) is 15.4. The van der Waals surface area contributed by atoms with Crippen molar-refractivity contribution in [3.8, 4) is 0 Å². The smallest absolute Gasteiger partial charge is 0.293 e. The third-order valence-corrected chi connectivity index (χ3v) is 10.5. The lowest BCUT2D eigenvalue weighted by Crippen LogP contribution is -2.47. The normalized spacial score (nSPS) is 31.0. The second kappa shape index (κ2) is 6.55. The summed E-state index contributed by atoms with van der Waals surface area (Å²) >= 11 is 0. The Morgan fingerprint density at radius 2 is 1.95 bits per heavy atom. The maximum atomic E-state index is 10.9. The maximum Gasteiger partial charge on any atom is 0.293 e. The Hall–Kier alpha value is -0.128. The van der Waals surface area contributed by atoms with Crippen LogP contribution >= 0.6 is 0 Å². The van der Waals surface area contributed by atoms with Gasteiger partial charge in [0.25, 0.3) is 7.41 Å². The molecule has 2 unspecified atom stereocenters. The highest BCUT2D eigenvalue weighted by atomic mass is 28.4. The van der Waals surface area contributed by atoms with Gasteiger partial charge in [0.15, 0.2) is 8.32 Å². The Morgan fingerprint density at radius 1 is 1.29 bits per heavy atom. The van der Waals surface area contributed by atoms with E-state index in [2.05, 4.69) is 38.7 Å². The lowest BCUT2D eigenvalue weighted by atomic mass is 9.78. The first kappa shape index (κ1) is 17.2. The second-order valence-electron chi connectivity index (χ2n) is 8.33. The van der Waals surface area contributed by atoms with E-state index in [0.29, 0.717) is 6.04 Å². The molecule has 2 aliphatic rings. The molecule has 1 radical (unpaired) electrons. The van der Waals surface area contributed by atoms with Crippen molar-refractivity contribution in [2.75, 3.05) is 13.2 Å². The third kappa shape index (κ3) is 3.80. The van der Waals surface area contributed by atoms with Crippen molar-refractivity contribution < 1.29 is 9.22 Å². The van der Waals surface area contributed by atoms with Gasteiger partial charge in [0.1, 0.15) is 0 Å². The fourth-order valence-electron chi connectivity index (χ4n) is 3.60. The van der Waals surface area contributed by atoms with Gasteiger partial charge in [-0.1, -0.05) is 33.6 Å². The maximum absolute atomic E-state index is 10.9. The van der Waals surface area contributed by atoms with Crippen LogP contribution in [-0.4, -0.2) is 45.9 Å². The SMILES string of the molecule is CC(C)(C)[Si](C)(C)OC[C@@H]1C2CCCCC2CN1[B]C=O. The highest BCUT2D eigenvalue weighted by Gasteiger charge is 2.44. The molecule has 3 atom stereocenters. The highest BCUT2D eigenvalue weighted by Crippen LogP contribution is 2.42. The number of nitrogens with zero attached hydrogens (tertiary/aromatic N) is 1. The molecule has 1 saturated heterocycles. The van der Waals surface area contributed by atoms with Gasteiger partial charge in [-0.25, -0.2) is 0 Å². The van der Waals surface area contributed by atoms with Gasteiger partial charge >= 0.3 is 0 Å². The first-order chi connectivity index (χ1) is 9.76. The Balaban J connectivity index is 2.02. The average molecular weight is 308 g/mol. The van der Waals surface area contributed by atoms with Crippen LogP contribution in [0.15, 0.2) is 0 Å². The summed E-state index contributed by atoms with van der Waals surface area (Å²) in [6, 6.07) is 0.412. The Kier molecular flexibility index (Phi) is 5.37. The number of hydrogen-bond donors (Lipinski definition) is 0. The molecule has 2 fully saturated rings. The predicted molar refractivity (Wildman–Crippen MR) is 91.6 cm³/mol. The van der Waals surface area contributed by atoms with E-state index in [1.54, 1.807) is 7.41 Å². The van der Waals surface area contributed by atoms with Crippen LogP contribution < -0.4 is 0 Å². The van der Waals surface area contributed by atoms with Gasteiger partial charge < -0.3 is 14.0 Å². The van der Waals surface area contributed by atoms with E-state index in [1.807, 2.05) is 0 Å². The summed E-state index contributed by atoms with van der Waals surface area (Å²) < 4.78 is 6.46. The lowest BCUT2D eigenvalue weighted by molar-refractivity contribution is 0.168. The van der Waals surface area contributed by atoms with Gasteiger partial charge in [0.05, 0.1) is 6.19 Å². The molecule has 1 saturated carbocycles. The van der Waals surface area contributed by atoms with Crippen LogP contribution in [0.25, 0.3) is 0 Å². The molecule has 1 aliphatic carbocycles. The number of fused-ring (bicyclic) bond motifs is 1. The molecule has 0 amide bonds. The standard InChI is InChI=1S/C16H31BNO2Si/c1-16(2,3)21(4,5)20-11-15-14-9-7-6-8-13(14)10-18(15)17-12-19/h12-15H,6-11H2,1-5H3/t13?,14?,15-/m1/s1. The van der Waals surface area contributed by atoms with E-state index < -0.39 is 8.32 Å². The Bertz CT molecular complexity index is 370. The minimum Gasteiger partial charge on any atom is -0.415 e. The topological polar surface area (TPSA) is 29.5 Å².